The van der Waals surface area contributed by atoms with E-state index in [1.807, 2.05) is 20.8 Å². The number of hydrogen-bond acceptors (Lipinski definition) is 3. The van der Waals surface area contributed by atoms with Gasteiger partial charge in [0.1, 0.15) is 5.15 Å². The molecule has 1 aliphatic heterocycles. The molecule has 2 heterocycles. The van der Waals surface area contributed by atoms with Crippen LogP contribution in [0.2, 0.25) is 5.15 Å². The molecule has 0 bridgehead atoms. The summed E-state index contributed by atoms with van der Waals surface area (Å²) in [5.41, 5.74) is 1.13. The van der Waals surface area contributed by atoms with E-state index in [-0.39, 0.29) is 17.4 Å². The molecular formula is C15H21ClN2O2. The van der Waals surface area contributed by atoms with Crippen LogP contribution in [0.15, 0.2) is 12.1 Å². The molecule has 1 aromatic rings. The van der Waals surface area contributed by atoms with Gasteiger partial charge in [0.25, 0.3) is 5.91 Å². The molecule has 1 N–H and O–H groups in total. The summed E-state index contributed by atoms with van der Waals surface area (Å²) in [5, 5.41) is 3.28. The summed E-state index contributed by atoms with van der Waals surface area (Å²) in [5.74, 6) is 0.101. The van der Waals surface area contributed by atoms with Crippen LogP contribution in [-0.4, -0.2) is 29.6 Å². The number of amides is 1. The second kappa shape index (κ2) is 6.10. The Morgan fingerprint density at radius 2 is 2.30 bits per heavy atom. The number of halogens is 1. The van der Waals surface area contributed by atoms with Gasteiger partial charge in [0.2, 0.25) is 0 Å². The van der Waals surface area contributed by atoms with Gasteiger partial charge in [-0.05, 0) is 37.8 Å². The number of rotatable bonds is 4. The lowest BCUT2D eigenvalue weighted by atomic mass is 10.0. The van der Waals surface area contributed by atoms with Crippen molar-refractivity contribution in [2.75, 3.05) is 13.2 Å². The molecule has 5 heteroatoms. The minimum atomic E-state index is -0.243. The van der Waals surface area contributed by atoms with Gasteiger partial charge in [0.15, 0.2) is 0 Å². The maximum Gasteiger partial charge on any atom is 0.251 e. The van der Waals surface area contributed by atoms with E-state index in [0.717, 1.165) is 25.1 Å². The highest BCUT2D eigenvalue weighted by molar-refractivity contribution is 6.29. The Balaban J connectivity index is 2.05. The molecule has 20 heavy (non-hydrogen) atoms. The van der Waals surface area contributed by atoms with E-state index in [4.69, 9.17) is 16.3 Å². The number of ether oxygens (including phenoxy) is 1. The smallest absolute Gasteiger partial charge is 0.251 e. The Labute approximate surface area is 124 Å². The molecule has 0 aromatic carbocycles. The van der Waals surface area contributed by atoms with E-state index in [1.54, 1.807) is 12.1 Å². The predicted octanol–water partition coefficient (Wildman–Crippen LogP) is 3.16. The van der Waals surface area contributed by atoms with E-state index in [2.05, 4.69) is 10.3 Å². The zero-order valence-electron chi connectivity index (χ0n) is 12.2. The molecular weight excluding hydrogens is 276 g/mol. The van der Waals surface area contributed by atoms with Gasteiger partial charge in [0.05, 0.1) is 5.60 Å². The SMILES string of the molecule is CC(C)c1cc(C(=O)NCC2(C)CCCO2)cc(Cl)n1. The third-order valence-corrected chi connectivity index (χ3v) is 3.78. The highest BCUT2D eigenvalue weighted by atomic mass is 35.5. The molecule has 0 radical (unpaired) electrons. The summed E-state index contributed by atoms with van der Waals surface area (Å²) < 4.78 is 5.66. The molecule has 1 atom stereocenters. The molecule has 1 aliphatic rings. The number of hydrogen-bond donors (Lipinski definition) is 1. The highest BCUT2D eigenvalue weighted by Crippen LogP contribution is 2.24. The lowest BCUT2D eigenvalue weighted by Gasteiger charge is -2.23. The molecule has 1 amide bonds. The summed E-state index contributed by atoms with van der Waals surface area (Å²) in [6, 6.07) is 3.39. The van der Waals surface area contributed by atoms with Gasteiger partial charge in [-0.2, -0.15) is 0 Å². The molecule has 1 unspecified atom stereocenters. The van der Waals surface area contributed by atoms with Crippen LogP contribution in [-0.2, 0) is 4.74 Å². The summed E-state index contributed by atoms with van der Waals surface area (Å²) in [7, 11) is 0. The summed E-state index contributed by atoms with van der Waals surface area (Å²) in [4.78, 5) is 16.4. The van der Waals surface area contributed by atoms with Crippen LogP contribution in [0.5, 0.6) is 0 Å². The highest BCUT2D eigenvalue weighted by Gasteiger charge is 2.30. The zero-order chi connectivity index (χ0) is 14.8. The summed E-state index contributed by atoms with van der Waals surface area (Å²) >= 11 is 5.98. The Morgan fingerprint density at radius 1 is 1.55 bits per heavy atom. The summed E-state index contributed by atoms with van der Waals surface area (Å²) in [6.45, 7) is 7.36. The van der Waals surface area contributed by atoms with Crippen LogP contribution in [0.3, 0.4) is 0 Å². The van der Waals surface area contributed by atoms with E-state index in [0.29, 0.717) is 17.3 Å². The first-order chi connectivity index (χ1) is 9.39. The monoisotopic (exact) mass is 296 g/mol. The molecule has 4 nitrogen and oxygen atoms in total. The first kappa shape index (κ1) is 15.3. The fourth-order valence-corrected chi connectivity index (χ4v) is 2.50. The number of pyridine rings is 1. The van der Waals surface area contributed by atoms with E-state index < -0.39 is 0 Å². The molecule has 1 aromatic heterocycles. The lowest BCUT2D eigenvalue weighted by Crippen LogP contribution is -2.40. The summed E-state index contributed by atoms with van der Waals surface area (Å²) in [6.07, 6.45) is 2.02. The second-order valence-electron chi connectivity index (χ2n) is 5.84. The van der Waals surface area contributed by atoms with Gasteiger partial charge in [0, 0.05) is 24.4 Å². The van der Waals surface area contributed by atoms with Gasteiger partial charge in [-0.25, -0.2) is 4.98 Å². The first-order valence-corrected chi connectivity index (χ1v) is 7.37. The second-order valence-corrected chi connectivity index (χ2v) is 6.23. The third-order valence-electron chi connectivity index (χ3n) is 3.59. The average Bonchev–Trinajstić information content (AvgIpc) is 2.82. The molecule has 1 fully saturated rings. The number of carbonyl (C=O) groups is 1. The van der Waals surface area contributed by atoms with Gasteiger partial charge in [-0.1, -0.05) is 25.4 Å². The first-order valence-electron chi connectivity index (χ1n) is 6.99. The Hall–Kier alpha value is -1.13. The van der Waals surface area contributed by atoms with Gasteiger partial charge in [-0.3, -0.25) is 4.79 Å². The molecule has 0 saturated carbocycles. The molecule has 0 aliphatic carbocycles. The van der Waals surface area contributed by atoms with Gasteiger partial charge >= 0.3 is 0 Å². The third kappa shape index (κ3) is 3.70. The maximum atomic E-state index is 12.2. The number of aromatic nitrogens is 1. The number of nitrogens with zero attached hydrogens (tertiary/aromatic N) is 1. The van der Waals surface area contributed by atoms with Crippen molar-refractivity contribution in [3.05, 3.63) is 28.5 Å². The quantitative estimate of drug-likeness (QED) is 0.868. The predicted molar refractivity (Wildman–Crippen MR) is 79.3 cm³/mol. The largest absolute Gasteiger partial charge is 0.373 e. The number of carbonyl (C=O) groups excluding carboxylic acids is 1. The Bertz CT molecular complexity index is 497. The Kier molecular flexibility index (Phi) is 4.66. The van der Waals surface area contributed by atoms with Crippen molar-refractivity contribution < 1.29 is 9.53 Å². The van der Waals surface area contributed by atoms with Crippen molar-refractivity contribution in [3.8, 4) is 0 Å². The molecule has 110 valence electrons. The topological polar surface area (TPSA) is 51.2 Å². The van der Waals surface area contributed by atoms with Crippen LogP contribution in [0, 0.1) is 0 Å². The van der Waals surface area contributed by atoms with Gasteiger partial charge < -0.3 is 10.1 Å². The van der Waals surface area contributed by atoms with Crippen LogP contribution in [0.4, 0.5) is 0 Å². The standard InChI is InChI=1S/C15H21ClN2O2/c1-10(2)12-7-11(8-13(16)18-12)14(19)17-9-15(3)5-4-6-20-15/h7-8,10H,4-6,9H2,1-3H3,(H,17,19). The number of nitrogens with one attached hydrogen (secondary N) is 1. The van der Waals surface area contributed by atoms with E-state index >= 15 is 0 Å². The lowest BCUT2D eigenvalue weighted by molar-refractivity contribution is 0.0206. The molecule has 2 rings (SSSR count). The van der Waals surface area contributed by atoms with Crippen molar-refractivity contribution in [2.45, 2.75) is 45.1 Å². The Morgan fingerprint density at radius 3 is 2.90 bits per heavy atom. The van der Waals surface area contributed by atoms with Crippen molar-refractivity contribution in [1.82, 2.24) is 10.3 Å². The molecule has 1 saturated heterocycles. The van der Waals surface area contributed by atoms with Crippen molar-refractivity contribution in [3.63, 3.8) is 0 Å². The maximum absolute atomic E-state index is 12.2. The fourth-order valence-electron chi connectivity index (χ4n) is 2.29. The fraction of sp³-hybridized carbons (Fsp3) is 0.600. The normalized spacial score (nSPS) is 22.2. The van der Waals surface area contributed by atoms with Crippen LogP contribution in [0.25, 0.3) is 0 Å². The van der Waals surface area contributed by atoms with Crippen molar-refractivity contribution in [2.24, 2.45) is 0 Å². The van der Waals surface area contributed by atoms with Crippen LogP contribution in [0.1, 0.15) is 55.6 Å². The zero-order valence-corrected chi connectivity index (χ0v) is 13.0. The van der Waals surface area contributed by atoms with Crippen LogP contribution < -0.4 is 5.32 Å². The minimum Gasteiger partial charge on any atom is -0.373 e. The van der Waals surface area contributed by atoms with E-state index in [1.165, 1.54) is 0 Å². The van der Waals surface area contributed by atoms with E-state index in [9.17, 15) is 4.79 Å². The van der Waals surface area contributed by atoms with Crippen LogP contribution >= 0.6 is 11.6 Å². The average molecular weight is 297 g/mol. The molecule has 0 spiro atoms. The van der Waals surface area contributed by atoms with Crippen molar-refractivity contribution >= 4 is 17.5 Å². The minimum absolute atomic E-state index is 0.132. The van der Waals surface area contributed by atoms with Crippen molar-refractivity contribution in [1.29, 1.82) is 0 Å². The van der Waals surface area contributed by atoms with Gasteiger partial charge in [-0.15, -0.1) is 0 Å².